The van der Waals surface area contributed by atoms with Crippen LogP contribution in [-0.4, -0.2) is 44.6 Å². The maximum Gasteiger partial charge on any atom is 0.233 e. The van der Waals surface area contributed by atoms with Gasteiger partial charge in [-0.15, -0.1) is 10.2 Å². The van der Waals surface area contributed by atoms with E-state index >= 15 is 0 Å². The topological polar surface area (TPSA) is 76.2 Å². The van der Waals surface area contributed by atoms with Crippen molar-refractivity contribution in [3.8, 4) is 0 Å². The lowest BCUT2D eigenvalue weighted by molar-refractivity contribution is -0.121. The van der Waals surface area contributed by atoms with Gasteiger partial charge < -0.3 is 14.6 Å². The lowest BCUT2D eigenvalue weighted by atomic mass is 10.00. The van der Waals surface area contributed by atoms with E-state index in [1.165, 1.54) is 11.8 Å². The molecule has 1 N–H and O–H groups in total. The van der Waals surface area contributed by atoms with Gasteiger partial charge in [-0.05, 0) is 58.6 Å². The van der Waals surface area contributed by atoms with Crippen molar-refractivity contribution < 1.29 is 9.21 Å². The molecule has 0 spiro atoms. The van der Waals surface area contributed by atoms with E-state index in [0.29, 0.717) is 6.54 Å². The quantitative estimate of drug-likeness (QED) is 0.741. The molecule has 3 heterocycles. The second-order valence-electron chi connectivity index (χ2n) is 8.62. The highest BCUT2D eigenvalue weighted by Crippen LogP contribution is 2.29. The van der Waals surface area contributed by atoms with Gasteiger partial charge in [-0.2, -0.15) is 0 Å². The minimum Gasteiger partial charge on any atom is -0.467 e. The predicted molar refractivity (Wildman–Crippen MR) is 112 cm³/mol. The molecule has 154 valence electrons. The van der Waals surface area contributed by atoms with E-state index in [0.717, 1.165) is 48.7 Å². The van der Waals surface area contributed by atoms with Gasteiger partial charge in [0.05, 0.1) is 18.1 Å². The van der Waals surface area contributed by atoms with Gasteiger partial charge in [-0.3, -0.25) is 9.36 Å². The Bertz CT molecular complexity index is 773. The lowest BCUT2D eigenvalue weighted by Crippen LogP contribution is -2.44. The summed E-state index contributed by atoms with van der Waals surface area (Å²) < 4.78 is 7.63. The van der Waals surface area contributed by atoms with Gasteiger partial charge in [0, 0.05) is 18.6 Å². The third-order valence-corrected chi connectivity index (χ3v) is 5.89. The molecule has 1 saturated heterocycles. The summed E-state index contributed by atoms with van der Waals surface area (Å²) in [4.78, 5) is 14.8. The van der Waals surface area contributed by atoms with Crippen LogP contribution in [0.15, 0.2) is 28.0 Å². The SMILES string of the molecule is CC1CCN(c2nnc(SC(C)C(=O)NC(C)(C)C)n2Cc2ccco2)CC1. The van der Waals surface area contributed by atoms with Crippen molar-refractivity contribution in [3.63, 3.8) is 0 Å². The highest BCUT2D eigenvalue weighted by molar-refractivity contribution is 8.00. The first-order chi connectivity index (χ1) is 13.2. The minimum absolute atomic E-state index is 0.00149. The molecule has 2 aromatic rings. The van der Waals surface area contributed by atoms with E-state index in [4.69, 9.17) is 4.42 Å². The monoisotopic (exact) mass is 405 g/mol. The van der Waals surface area contributed by atoms with Gasteiger partial charge >= 0.3 is 0 Å². The van der Waals surface area contributed by atoms with Gasteiger partial charge in [-0.1, -0.05) is 18.7 Å². The number of hydrogen-bond acceptors (Lipinski definition) is 6. The Balaban J connectivity index is 1.81. The number of nitrogens with one attached hydrogen (secondary N) is 1. The minimum atomic E-state index is -0.270. The molecule has 7 nitrogen and oxygen atoms in total. The average Bonchev–Trinajstić information content (AvgIpc) is 3.25. The molecule has 0 bridgehead atoms. The van der Waals surface area contributed by atoms with Gasteiger partial charge in [0.15, 0.2) is 5.16 Å². The summed E-state index contributed by atoms with van der Waals surface area (Å²) in [6.07, 6.45) is 3.98. The number of hydrogen-bond donors (Lipinski definition) is 1. The number of aromatic nitrogens is 3. The molecule has 3 rings (SSSR count). The zero-order valence-electron chi connectivity index (χ0n) is 17.4. The first kappa shape index (κ1) is 20.8. The summed E-state index contributed by atoms with van der Waals surface area (Å²) in [5.41, 5.74) is -0.261. The standard InChI is InChI=1S/C20H31N5O2S/c1-14-8-10-24(11-9-14)18-22-23-19(25(18)13-16-7-6-12-27-16)28-15(2)17(26)21-20(3,4)5/h6-7,12,14-15H,8-11,13H2,1-5H3,(H,21,26). The molecular formula is C20H31N5O2S. The van der Waals surface area contributed by atoms with E-state index in [1.807, 2.05) is 39.8 Å². The first-order valence-electron chi connectivity index (χ1n) is 9.92. The molecular weight excluding hydrogens is 374 g/mol. The Labute approximate surface area is 171 Å². The van der Waals surface area contributed by atoms with Crippen LogP contribution in [0.5, 0.6) is 0 Å². The van der Waals surface area contributed by atoms with Crippen molar-refractivity contribution in [1.29, 1.82) is 0 Å². The summed E-state index contributed by atoms with van der Waals surface area (Å²) in [6.45, 7) is 12.6. The fourth-order valence-corrected chi connectivity index (χ4v) is 4.03. The molecule has 1 aliphatic rings. The molecule has 1 unspecified atom stereocenters. The van der Waals surface area contributed by atoms with Crippen molar-refractivity contribution >= 4 is 23.6 Å². The number of piperidine rings is 1. The Morgan fingerprint density at radius 2 is 2.07 bits per heavy atom. The maximum atomic E-state index is 12.5. The fraction of sp³-hybridized carbons (Fsp3) is 0.650. The van der Waals surface area contributed by atoms with Crippen molar-refractivity contribution in [3.05, 3.63) is 24.2 Å². The number of amides is 1. The maximum absolute atomic E-state index is 12.5. The molecule has 1 aliphatic heterocycles. The van der Waals surface area contributed by atoms with Crippen LogP contribution in [-0.2, 0) is 11.3 Å². The van der Waals surface area contributed by atoms with Gasteiger partial charge in [0.2, 0.25) is 11.9 Å². The molecule has 8 heteroatoms. The van der Waals surface area contributed by atoms with Crippen molar-refractivity contribution in [2.75, 3.05) is 18.0 Å². The molecule has 2 aromatic heterocycles. The second kappa shape index (κ2) is 8.59. The summed E-state index contributed by atoms with van der Waals surface area (Å²) in [5.74, 6) is 2.44. The zero-order valence-corrected chi connectivity index (χ0v) is 18.3. The molecule has 0 aliphatic carbocycles. The molecule has 1 atom stereocenters. The number of furan rings is 1. The second-order valence-corrected chi connectivity index (χ2v) is 9.92. The summed E-state index contributed by atoms with van der Waals surface area (Å²) in [7, 11) is 0. The molecule has 1 fully saturated rings. The molecule has 0 radical (unpaired) electrons. The Hall–Kier alpha value is -1.96. The average molecular weight is 406 g/mol. The Kier molecular flexibility index (Phi) is 6.37. The fourth-order valence-electron chi connectivity index (χ4n) is 3.19. The van der Waals surface area contributed by atoms with Crippen LogP contribution >= 0.6 is 11.8 Å². The van der Waals surface area contributed by atoms with Crippen LogP contribution in [0.4, 0.5) is 5.95 Å². The number of rotatable bonds is 6. The summed E-state index contributed by atoms with van der Waals surface area (Å²) in [5, 5.41) is 12.4. The Morgan fingerprint density at radius 1 is 1.36 bits per heavy atom. The first-order valence-corrected chi connectivity index (χ1v) is 10.8. The zero-order chi connectivity index (χ0) is 20.3. The molecule has 28 heavy (non-hydrogen) atoms. The third-order valence-electron chi connectivity index (χ3n) is 4.81. The number of carbonyl (C=O) groups is 1. The number of nitrogens with zero attached hydrogens (tertiary/aromatic N) is 4. The highest BCUT2D eigenvalue weighted by Gasteiger charge is 2.26. The molecule has 0 saturated carbocycles. The predicted octanol–water partition coefficient (Wildman–Crippen LogP) is 3.55. The van der Waals surface area contributed by atoms with Gasteiger partial charge in [-0.25, -0.2) is 0 Å². The largest absolute Gasteiger partial charge is 0.467 e. The van der Waals surface area contributed by atoms with Crippen LogP contribution in [0.25, 0.3) is 0 Å². The van der Waals surface area contributed by atoms with Gasteiger partial charge in [0.25, 0.3) is 0 Å². The van der Waals surface area contributed by atoms with Gasteiger partial charge in [0.1, 0.15) is 5.76 Å². The Morgan fingerprint density at radius 3 is 2.68 bits per heavy atom. The number of anilines is 1. The number of thioether (sulfide) groups is 1. The smallest absolute Gasteiger partial charge is 0.233 e. The van der Waals surface area contributed by atoms with Crippen LogP contribution in [0.2, 0.25) is 0 Å². The third kappa shape index (κ3) is 5.31. The highest BCUT2D eigenvalue weighted by atomic mass is 32.2. The van der Waals surface area contributed by atoms with Crippen LogP contribution < -0.4 is 10.2 Å². The lowest BCUT2D eigenvalue weighted by Gasteiger charge is -2.31. The van der Waals surface area contributed by atoms with Crippen molar-refractivity contribution in [1.82, 2.24) is 20.1 Å². The normalized spacial score (nSPS) is 17.0. The van der Waals surface area contributed by atoms with E-state index in [2.05, 4.69) is 31.9 Å². The van der Waals surface area contributed by atoms with Crippen molar-refractivity contribution in [2.45, 2.75) is 70.0 Å². The van der Waals surface area contributed by atoms with Crippen LogP contribution in [0.1, 0.15) is 53.2 Å². The summed E-state index contributed by atoms with van der Waals surface area (Å²) in [6, 6.07) is 3.83. The van der Waals surface area contributed by atoms with Crippen molar-refractivity contribution in [2.24, 2.45) is 5.92 Å². The molecule has 1 amide bonds. The van der Waals surface area contributed by atoms with Crippen LogP contribution in [0, 0.1) is 5.92 Å². The van der Waals surface area contributed by atoms with E-state index in [9.17, 15) is 4.79 Å². The van der Waals surface area contributed by atoms with E-state index in [-0.39, 0.29) is 16.7 Å². The summed E-state index contributed by atoms with van der Waals surface area (Å²) >= 11 is 1.44. The number of carbonyl (C=O) groups excluding carboxylic acids is 1. The van der Waals surface area contributed by atoms with Crippen LogP contribution in [0.3, 0.4) is 0 Å². The van der Waals surface area contributed by atoms with E-state index in [1.54, 1.807) is 6.26 Å². The van der Waals surface area contributed by atoms with E-state index < -0.39 is 0 Å². The molecule has 0 aromatic carbocycles.